The first-order valence-corrected chi connectivity index (χ1v) is 10.0. The van der Waals surface area contributed by atoms with Gasteiger partial charge < -0.3 is 5.11 Å². The molecule has 0 saturated carbocycles. The van der Waals surface area contributed by atoms with Gasteiger partial charge in [0, 0.05) is 21.4 Å². The van der Waals surface area contributed by atoms with E-state index in [1.807, 2.05) is 53.2 Å². The van der Waals surface area contributed by atoms with Crippen molar-refractivity contribution in [2.24, 2.45) is 0 Å². The summed E-state index contributed by atoms with van der Waals surface area (Å²) in [6.45, 7) is 3.04. The molecule has 136 valence electrons. The molecule has 0 aliphatic carbocycles. The van der Waals surface area contributed by atoms with Gasteiger partial charge >= 0.3 is 5.97 Å². The number of rotatable bonds is 4. The molecule has 0 aliphatic rings. The fourth-order valence-electron chi connectivity index (χ4n) is 3.00. The van der Waals surface area contributed by atoms with Crippen molar-refractivity contribution in [2.75, 3.05) is 0 Å². The van der Waals surface area contributed by atoms with Gasteiger partial charge in [0.1, 0.15) is 16.2 Å². The number of aromatic nitrogens is 2. The van der Waals surface area contributed by atoms with Gasteiger partial charge in [0.2, 0.25) is 0 Å². The van der Waals surface area contributed by atoms with Gasteiger partial charge in [-0.15, -0.1) is 22.7 Å². The Balaban J connectivity index is 2.13. The van der Waals surface area contributed by atoms with E-state index < -0.39 is 11.5 Å². The summed E-state index contributed by atoms with van der Waals surface area (Å²) < 4.78 is 1.30. The standard InChI is InChI=1S/C20H16N2O3S2/c1-20(2,19(24)25)22-16(12-7-4-3-5-8-12)21-17-15(18(22)23)13(11-27-17)14-9-6-10-26-14/h3-11H,1-2H3,(H,24,25). The van der Waals surface area contributed by atoms with Crippen molar-refractivity contribution < 1.29 is 9.90 Å². The Labute approximate surface area is 163 Å². The Bertz CT molecular complexity index is 1190. The average Bonchev–Trinajstić information content (AvgIpc) is 3.31. The molecule has 3 aromatic heterocycles. The van der Waals surface area contributed by atoms with Crippen LogP contribution in [0.2, 0.25) is 0 Å². The number of carbonyl (C=O) groups is 1. The first kappa shape index (κ1) is 17.6. The van der Waals surface area contributed by atoms with Crippen LogP contribution in [-0.2, 0) is 10.3 Å². The lowest BCUT2D eigenvalue weighted by molar-refractivity contribution is -0.145. The van der Waals surface area contributed by atoms with Gasteiger partial charge in [-0.1, -0.05) is 36.4 Å². The average molecular weight is 396 g/mol. The smallest absolute Gasteiger partial charge is 0.329 e. The summed E-state index contributed by atoms with van der Waals surface area (Å²) in [5, 5.41) is 14.1. The van der Waals surface area contributed by atoms with E-state index in [2.05, 4.69) is 0 Å². The first-order chi connectivity index (χ1) is 12.9. The first-order valence-electron chi connectivity index (χ1n) is 8.28. The number of benzene rings is 1. The Morgan fingerprint density at radius 2 is 1.85 bits per heavy atom. The van der Waals surface area contributed by atoms with Crippen LogP contribution in [-0.4, -0.2) is 20.6 Å². The molecule has 27 heavy (non-hydrogen) atoms. The van der Waals surface area contributed by atoms with Gasteiger partial charge in [-0.3, -0.25) is 9.36 Å². The van der Waals surface area contributed by atoms with Gasteiger partial charge in [-0.05, 0) is 25.3 Å². The molecule has 4 rings (SSSR count). The maximum absolute atomic E-state index is 13.5. The number of nitrogens with zero attached hydrogens (tertiary/aromatic N) is 2. The fraction of sp³-hybridized carbons (Fsp3) is 0.150. The molecule has 0 amide bonds. The van der Waals surface area contributed by atoms with Crippen molar-refractivity contribution in [3.8, 4) is 21.8 Å². The van der Waals surface area contributed by atoms with E-state index in [1.165, 1.54) is 41.1 Å². The number of carboxylic acids is 1. The monoisotopic (exact) mass is 396 g/mol. The van der Waals surface area contributed by atoms with Crippen LogP contribution >= 0.6 is 22.7 Å². The molecule has 4 aromatic rings. The third-order valence-corrected chi connectivity index (χ3v) is 6.28. The van der Waals surface area contributed by atoms with Crippen molar-refractivity contribution in [3.05, 3.63) is 63.6 Å². The molecule has 5 nitrogen and oxygen atoms in total. The summed E-state index contributed by atoms with van der Waals surface area (Å²) in [7, 11) is 0. The minimum absolute atomic E-state index is 0.337. The summed E-state index contributed by atoms with van der Waals surface area (Å²) >= 11 is 2.94. The highest BCUT2D eigenvalue weighted by molar-refractivity contribution is 7.18. The highest BCUT2D eigenvalue weighted by Crippen LogP contribution is 2.35. The Morgan fingerprint density at radius 1 is 1.11 bits per heavy atom. The Morgan fingerprint density at radius 3 is 2.48 bits per heavy atom. The van der Waals surface area contributed by atoms with Gasteiger partial charge in [0.15, 0.2) is 0 Å². The van der Waals surface area contributed by atoms with Crippen molar-refractivity contribution in [1.29, 1.82) is 0 Å². The molecule has 0 bridgehead atoms. The van der Waals surface area contributed by atoms with Crippen molar-refractivity contribution in [1.82, 2.24) is 9.55 Å². The quantitative estimate of drug-likeness (QED) is 0.544. The minimum atomic E-state index is -1.45. The lowest BCUT2D eigenvalue weighted by atomic mass is 10.0. The van der Waals surface area contributed by atoms with E-state index in [0.717, 1.165) is 10.4 Å². The van der Waals surface area contributed by atoms with Crippen molar-refractivity contribution >= 4 is 38.9 Å². The van der Waals surface area contributed by atoms with Crippen LogP contribution in [0.25, 0.3) is 32.0 Å². The largest absolute Gasteiger partial charge is 0.480 e. The Kier molecular flexibility index (Phi) is 4.20. The van der Waals surface area contributed by atoms with Gasteiger partial charge in [-0.25, -0.2) is 9.78 Å². The fourth-order valence-corrected chi connectivity index (χ4v) is 4.75. The number of aliphatic carboxylic acids is 1. The van der Waals surface area contributed by atoms with E-state index in [1.54, 1.807) is 0 Å². The second-order valence-electron chi connectivity index (χ2n) is 6.61. The molecule has 1 aromatic carbocycles. The summed E-state index contributed by atoms with van der Waals surface area (Å²) in [4.78, 5) is 31.8. The van der Waals surface area contributed by atoms with Crippen LogP contribution in [0, 0.1) is 0 Å². The van der Waals surface area contributed by atoms with E-state index in [-0.39, 0.29) is 5.56 Å². The zero-order valence-corrected chi connectivity index (χ0v) is 16.3. The normalized spacial score (nSPS) is 11.8. The van der Waals surface area contributed by atoms with Gasteiger partial charge in [0.25, 0.3) is 5.56 Å². The topological polar surface area (TPSA) is 72.2 Å². The number of hydrogen-bond donors (Lipinski definition) is 1. The van der Waals surface area contributed by atoms with Crippen LogP contribution < -0.4 is 5.56 Å². The minimum Gasteiger partial charge on any atom is -0.480 e. The molecule has 0 atom stereocenters. The molecular weight excluding hydrogens is 380 g/mol. The summed E-state index contributed by atoms with van der Waals surface area (Å²) in [6, 6.07) is 13.1. The molecule has 0 radical (unpaired) electrons. The zero-order chi connectivity index (χ0) is 19.2. The van der Waals surface area contributed by atoms with E-state index in [0.29, 0.717) is 21.6 Å². The highest BCUT2D eigenvalue weighted by Gasteiger charge is 2.34. The molecular formula is C20H16N2O3S2. The molecule has 0 unspecified atom stereocenters. The van der Waals surface area contributed by atoms with Crippen LogP contribution in [0.3, 0.4) is 0 Å². The van der Waals surface area contributed by atoms with Crippen molar-refractivity contribution in [3.63, 3.8) is 0 Å². The van der Waals surface area contributed by atoms with Crippen LogP contribution in [0.4, 0.5) is 0 Å². The predicted octanol–water partition coefficient (Wildman–Crippen LogP) is 4.67. The third-order valence-electron chi connectivity index (χ3n) is 4.51. The molecule has 3 heterocycles. The van der Waals surface area contributed by atoms with E-state index >= 15 is 0 Å². The molecule has 0 saturated heterocycles. The van der Waals surface area contributed by atoms with E-state index in [4.69, 9.17) is 4.98 Å². The SMILES string of the molecule is CC(C)(C(=O)O)n1c(-c2ccccc2)nc2scc(-c3cccs3)c2c1=O. The number of thiophene rings is 2. The second-order valence-corrected chi connectivity index (χ2v) is 8.42. The predicted molar refractivity (Wildman–Crippen MR) is 110 cm³/mol. The summed E-state index contributed by atoms with van der Waals surface area (Å²) in [5.74, 6) is -0.726. The summed E-state index contributed by atoms with van der Waals surface area (Å²) in [5.41, 5.74) is -0.275. The maximum atomic E-state index is 13.5. The Hall–Kier alpha value is -2.77. The summed E-state index contributed by atoms with van der Waals surface area (Å²) in [6.07, 6.45) is 0. The third kappa shape index (κ3) is 2.79. The molecule has 0 fully saturated rings. The molecule has 0 aliphatic heterocycles. The van der Waals surface area contributed by atoms with Gasteiger partial charge in [-0.2, -0.15) is 0 Å². The van der Waals surface area contributed by atoms with Crippen LogP contribution in [0.1, 0.15) is 13.8 Å². The molecule has 0 spiro atoms. The number of carboxylic acid groups (broad SMARTS) is 1. The van der Waals surface area contributed by atoms with Crippen LogP contribution in [0.15, 0.2) is 58.0 Å². The molecule has 7 heteroatoms. The number of fused-ring (bicyclic) bond motifs is 1. The van der Waals surface area contributed by atoms with Crippen molar-refractivity contribution in [2.45, 2.75) is 19.4 Å². The van der Waals surface area contributed by atoms with Gasteiger partial charge in [0.05, 0.1) is 5.39 Å². The lowest BCUT2D eigenvalue weighted by Crippen LogP contribution is -2.44. The molecule has 1 N–H and O–H groups in total. The van der Waals surface area contributed by atoms with Crippen LogP contribution in [0.5, 0.6) is 0 Å². The lowest BCUT2D eigenvalue weighted by Gasteiger charge is -2.25. The number of hydrogen-bond acceptors (Lipinski definition) is 5. The highest BCUT2D eigenvalue weighted by atomic mass is 32.1. The van der Waals surface area contributed by atoms with E-state index in [9.17, 15) is 14.7 Å². The maximum Gasteiger partial charge on any atom is 0.329 e. The second kappa shape index (κ2) is 6.44. The zero-order valence-electron chi connectivity index (χ0n) is 14.7.